The van der Waals surface area contributed by atoms with Gasteiger partial charge in [0.05, 0.1) is 7.11 Å². The molecular weight excluding hydrogens is 302 g/mol. The van der Waals surface area contributed by atoms with Crippen molar-refractivity contribution in [2.24, 2.45) is 0 Å². The molecule has 5 nitrogen and oxygen atoms in total. The Hall–Kier alpha value is -2.69. The number of anilines is 2. The maximum atomic E-state index is 12.7. The molecule has 126 valence electrons. The number of nitrogen functional groups attached to an aromatic ring is 1. The Labute approximate surface area is 142 Å². The molecule has 0 unspecified atom stereocenters. The van der Waals surface area contributed by atoms with Crippen LogP contribution in [0.1, 0.15) is 15.9 Å². The maximum absolute atomic E-state index is 12.7. The lowest BCUT2D eigenvalue weighted by Crippen LogP contribution is -2.49. The van der Waals surface area contributed by atoms with Crippen molar-refractivity contribution in [1.29, 1.82) is 0 Å². The zero-order valence-corrected chi connectivity index (χ0v) is 14.2. The second kappa shape index (κ2) is 6.83. The van der Waals surface area contributed by atoms with E-state index in [-0.39, 0.29) is 5.91 Å². The summed E-state index contributed by atoms with van der Waals surface area (Å²) in [6, 6.07) is 13.5. The van der Waals surface area contributed by atoms with E-state index in [4.69, 9.17) is 10.5 Å². The van der Waals surface area contributed by atoms with E-state index in [1.807, 2.05) is 42.2 Å². The Balaban J connectivity index is 1.66. The second-order valence-corrected chi connectivity index (χ2v) is 6.00. The third kappa shape index (κ3) is 3.15. The third-order valence-electron chi connectivity index (χ3n) is 4.61. The summed E-state index contributed by atoms with van der Waals surface area (Å²) >= 11 is 0. The normalized spacial score (nSPS) is 14.6. The number of carbonyl (C=O) groups excluding carboxylic acids is 1. The Morgan fingerprint density at radius 3 is 2.33 bits per heavy atom. The highest BCUT2D eigenvalue weighted by Crippen LogP contribution is 2.22. The van der Waals surface area contributed by atoms with E-state index in [2.05, 4.69) is 17.0 Å². The van der Waals surface area contributed by atoms with Crippen LogP contribution in [0.25, 0.3) is 0 Å². The molecule has 0 atom stereocenters. The van der Waals surface area contributed by atoms with Gasteiger partial charge >= 0.3 is 0 Å². The predicted octanol–water partition coefficient (Wildman–Crippen LogP) is 2.55. The number of piperazine rings is 1. The molecule has 0 saturated carbocycles. The van der Waals surface area contributed by atoms with Gasteiger partial charge in [0.1, 0.15) is 5.75 Å². The summed E-state index contributed by atoms with van der Waals surface area (Å²) in [7, 11) is 1.66. The van der Waals surface area contributed by atoms with Gasteiger partial charge in [0.15, 0.2) is 0 Å². The summed E-state index contributed by atoms with van der Waals surface area (Å²) in [5.74, 6) is 0.916. The van der Waals surface area contributed by atoms with Crippen molar-refractivity contribution in [2.45, 2.75) is 6.92 Å². The summed E-state index contributed by atoms with van der Waals surface area (Å²) in [6.45, 7) is 4.95. The molecule has 1 saturated heterocycles. The number of hydrogen-bond acceptors (Lipinski definition) is 4. The first-order valence-corrected chi connectivity index (χ1v) is 8.13. The van der Waals surface area contributed by atoms with E-state index in [0.717, 1.165) is 30.1 Å². The lowest BCUT2D eigenvalue weighted by atomic mass is 10.1. The fourth-order valence-corrected chi connectivity index (χ4v) is 3.02. The number of nitrogens with zero attached hydrogens (tertiary/aromatic N) is 2. The summed E-state index contributed by atoms with van der Waals surface area (Å²) in [6.07, 6.45) is 0. The van der Waals surface area contributed by atoms with Gasteiger partial charge in [-0.25, -0.2) is 0 Å². The molecule has 0 bridgehead atoms. The van der Waals surface area contributed by atoms with Crippen LogP contribution in [0.2, 0.25) is 0 Å². The highest BCUT2D eigenvalue weighted by molar-refractivity contribution is 5.97. The quantitative estimate of drug-likeness (QED) is 0.881. The minimum Gasteiger partial charge on any atom is -0.497 e. The predicted molar refractivity (Wildman–Crippen MR) is 96.7 cm³/mol. The molecule has 1 fully saturated rings. The first kappa shape index (κ1) is 16.2. The SMILES string of the molecule is COc1ccc(N2CCN(C(=O)c3cccc(N)c3C)CC2)cc1. The molecule has 1 aliphatic heterocycles. The van der Waals surface area contributed by atoms with E-state index in [1.165, 1.54) is 0 Å². The number of carbonyl (C=O) groups is 1. The van der Waals surface area contributed by atoms with Crippen LogP contribution in [0.3, 0.4) is 0 Å². The van der Waals surface area contributed by atoms with E-state index in [0.29, 0.717) is 24.3 Å². The van der Waals surface area contributed by atoms with Crippen molar-refractivity contribution in [3.63, 3.8) is 0 Å². The number of methoxy groups -OCH3 is 1. The molecule has 0 radical (unpaired) electrons. The lowest BCUT2D eigenvalue weighted by Gasteiger charge is -2.36. The zero-order chi connectivity index (χ0) is 17.1. The van der Waals surface area contributed by atoms with Gasteiger partial charge < -0.3 is 20.3 Å². The highest BCUT2D eigenvalue weighted by Gasteiger charge is 2.23. The number of benzene rings is 2. The van der Waals surface area contributed by atoms with Crippen LogP contribution in [-0.4, -0.2) is 44.1 Å². The van der Waals surface area contributed by atoms with E-state index in [1.54, 1.807) is 7.11 Å². The van der Waals surface area contributed by atoms with Crippen molar-refractivity contribution in [1.82, 2.24) is 4.90 Å². The molecule has 5 heteroatoms. The minimum atomic E-state index is 0.0641. The van der Waals surface area contributed by atoms with Crippen LogP contribution in [-0.2, 0) is 0 Å². The summed E-state index contributed by atoms with van der Waals surface area (Å²) in [5.41, 5.74) is 9.30. The number of hydrogen-bond donors (Lipinski definition) is 1. The summed E-state index contributed by atoms with van der Waals surface area (Å²) < 4.78 is 5.19. The maximum Gasteiger partial charge on any atom is 0.254 e. The van der Waals surface area contributed by atoms with Crippen LogP contribution in [0.5, 0.6) is 5.75 Å². The zero-order valence-electron chi connectivity index (χ0n) is 14.2. The Morgan fingerprint density at radius 2 is 1.71 bits per heavy atom. The lowest BCUT2D eigenvalue weighted by molar-refractivity contribution is 0.0746. The Morgan fingerprint density at radius 1 is 1.04 bits per heavy atom. The van der Waals surface area contributed by atoms with Crippen LogP contribution >= 0.6 is 0 Å². The van der Waals surface area contributed by atoms with Gasteiger partial charge in [0, 0.05) is 43.1 Å². The van der Waals surface area contributed by atoms with Gasteiger partial charge in [-0.05, 0) is 48.9 Å². The third-order valence-corrected chi connectivity index (χ3v) is 4.61. The van der Waals surface area contributed by atoms with E-state index < -0.39 is 0 Å². The molecule has 3 rings (SSSR count). The van der Waals surface area contributed by atoms with Crippen LogP contribution in [0, 0.1) is 6.92 Å². The number of amides is 1. The number of ether oxygens (including phenoxy) is 1. The molecule has 24 heavy (non-hydrogen) atoms. The molecule has 2 aromatic rings. The average Bonchev–Trinajstić information content (AvgIpc) is 2.64. The van der Waals surface area contributed by atoms with Gasteiger partial charge in [-0.3, -0.25) is 4.79 Å². The molecule has 0 aromatic heterocycles. The van der Waals surface area contributed by atoms with Gasteiger partial charge in [-0.2, -0.15) is 0 Å². The minimum absolute atomic E-state index is 0.0641. The number of rotatable bonds is 3. The molecule has 0 aliphatic carbocycles. The van der Waals surface area contributed by atoms with Crippen molar-refractivity contribution >= 4 is 17.3 Å². The Bertz CT molecular complexity index is 720. The van der Waals surface area contributed by atoms with Crippen molar-refractivity contribution in [3.05, 3.63) is 53.6 Å². The largest absolute Gasteiger partial charge is 0.497 e. The second-order valence-electron chi connectivity index (χ2n) is 6.00. The fourth-order valence-electron chi connectivity index (χ4n) is 3.02. The van der Waals surface area contributed by atoms with Gasteiger partial charge in [0.2, 0.25) is 0 Å². The monoisotopic (exact) mass is 325 g/mol. The smallest absolute Gasteiger partial charge is 0.254 e. The van der Waals surface area contributed by atoms with Gasteiger partial charge in [-0.15, -0.1) is 0 Å². The average molecular weight is 325 g/mol. The van der Waals surface area contributed by atoms with Crippen LogP contribution in [0.4, 0.5) is 11.4 Å². The fraction of sp³-hybridized carbons (Fsp3) is 0.316. The number of nitrogens with two attached hydrogens (primary N) is 1. The standard InChI is InChI=1S/C19H23N3O2/c1-14-17(4-3-5-18(14)20)19(23)22-12-10-21(11-13-22)15-6-8-16(24-2)9-7-15/h3-9H,10-13,20H2,1-2H3. The molecule has 1 aliphatic rings. The van der Waals surface area contributed by atoms with Gasteiger partial charge in [-0.1, -0.05) is 6.07 Å². The molecule has 2 N–H and O–H groups in total. The summed E-state index contributed by atoms with van der Waals surface area (Å²) in [4.78, 5) is 16.9. The first-order chi connectivity index (χ1) is 11.6. The van der Waals surface area contributed by atoms with Crippen molar-refractivity contribution < 1.29 is 9.53 Å². The summed E-state index contributed by atoms with van der Waals surface area (Å²) in [5, 5.41) is 0. The molecule has 2 aromatic carbocycles. The highest BCUT2D eigenvalue weighted by atomic mass is 16.5. The molecule has 0 spiro atoms. The topological polar surface area (TPSA) is 58.8 Å². The van der Waals surface area contributed by atoms with E-state index >= 15 is 0 Å². The van der Waals surface area contributed by atoms with Crippen LogP contribution < -0.4 is 15.4 Å². The molecule has 1 amide bonds. The van der Waals surface area contributed by atoms with E-state index in [9.17, 15) is 4.79 Å². The Kier molecular flexibility index (Phi) is 4.60. The van der Waals surface area contributed by atoms with Crippen molar-refractivity contribution in [3.8, 4) is 5.75 Å². The molecular formula is C19H23N3O2. The first-order valence-electron chi connectivity index (χ1n) is 8.13. The van der Waals surface area contributed by atoms with Gasteiger partial charge in [0.25, 0.3) is 5.91 Å². The van der Waals surface area contributed by atoms with Crippen LogP contribution in [0.15, 0.2) is 42.5 Å². The van der Waals surface area contributed by atoms with Crippen molar-refractivity contribution in [2.75, 3.05) is 43.9 Å². The molecule has 1 heterocycles.